The summed E-state index contributed by atoms with van der Waals surface area (Å²) < 4.78 is 0. The van der Waals surface area contributed by atoms with E-state index in [4.69, 9.17) is 0 Å². The Morgan fingerprint density at radius 3 is 2.75 bits per heavy atom. The van der Waals surface area contributed by atoms with Gasteiger partial charge in [-0.3, -0.25) is 4.79 Å². The monoisotopic (exact) mass is 192 g/mol. The molecule has 1 aliphatic rings. The molecule has 1 heterocycles. The van der Waals surface area contributed by atoms with Crippen molar-refractivity contribution >= 4 is 18.3 Å². The van der Waals surface area contributed by atoms with E-state index in [1.165, 1.54) is 0 Å². The Morgan fingerprint density at radius 2 is 2.25 bits per heavy atom. The molecule has 0 aromatic carbocycles. The summed E-state index contributed by atoms with van der Waals surface area (Å²) in [4.78, 5) is 11.2. The summed E-state index contributed by atoms with van der Waals surface area (Å²) in [6, 6.07) is 0.337. The van der Waals surface area contributed by atoms with Gasteiger partial charge in [0.2, 0.25) is 5.91 Å². The Morgan fingerprint density at radius 1 is 1.58 bits per heavy atom. The van der Waals surface area contributed by atoms with Crippen LogP contribution < -0.4 is 10.6 Å². The summed E-state index contributed by atoms with van der Waals surface area (Å²) in [5.74, 6) is 0.346. The quantitative estimate of drug-likeness (QED) is 0.637. The van der Waals surface area contributed by atoms with Gasteiger partial charge in [0.1, 0.15) is 0 Å². The summed E-state index contributed by atoms with van der Waals surface area (Å²) in [5.41, 5.74) is 0. The van der Waals surface area contributed by atoms with Crippen LogP contribution in [0.3, 0.4) is 0 Å². The number of hydrogen-bond acceptors (Lipinski definition) is 2. The van der Waals surface area contributed by atoms with Gasteiger partial charge in [0.05, 0.1) is 5.92 Å². The lowest BCUT2D eigenvalue weighted by Crippen LogP contribution is -2.45. The number of carbonyl (C=O) groups excluding carboxylic acids is 1. The van der Waals surface area contributed by atoms with Gasteiger partial charge in [0.15, 0.2) is 0 Å². The molecule has 0 aliphatic carbocycles. The third kappa shape index (κ3) is 2.64. The van der Waals surface area contributed by atoms with E-state index in [1.54, 1.807) is 7.05 Å². The standard InChI is InChI=1S/C8H16N2O.ClH/c1-6-7(8(11)9-2)4-3-5-10-6;/h6-7,10H,3-5H2,1-2H3,(H,9,11);1H/t6-,7-;/m1./s1. The first kappa shape index (κ1) is 11.7. The van der Waals surface area contributed by atoms with Gasteiger partial charge in [0, 0.05) is 13.1 Å². The SMILES string of the molecule is CNC(=O)[C@@H]1CCCN[C@@H]1C.Cl. The normalized spacial score (nSPS) is 28.8. The summed E-state index contributed by atoms with van der Waals surface area (Å²) in [6.45, 7) is 3.12. The first-order valence-electron chi connectivity index (χ1n) is 4.20. The molecule has 1 saturated heterocycles. The van der Waals surface area contributed by atoms with Crippen molar-refractivity contribution in [2.75, 3.05) is 13.6 Å². The first-order valence-corrected chi connectivity index (χ1v) is 4.20. The predicted molar refractivity (Wildman–Crippen MR) is 51.5 cm³/mol. The number of rotatable bonds is 1. The molecule has 1 aliphatic heterocycles. The number of carbonyl (C=O) groups is 1. The molecule has 12 heavy (non-hydrogen) atoms. The molecule has 0 aromatic heterocycles. The van der Waals surface area contributed by atoms with E-state index in [9.17, 15) is 4.79 Å². The number of halogens is 1. The van der Waals surface area contributed by atoms with Gasteiger partial charge in [0.25, 0.3) is 0 Å². The molecule has 4 heteroatoms. The lowest BCUT2D eigenvalue weighted by Gasteiger charge is -2.28. The molecule has 0 unspecified atom stereocenters. The molecular weight excluding hydrogens is 176 g/mol. The third-order valence-corrected chi connectivity index (χ3v) is 2.34. The number of piperidine rings is 1. The van der Waals surface area contributed by atoms with E-state index < -0.39 is 0 Å². The minimum Gasteiger partial charge on any atom is -0.359 e. The van der Waals surface area contributed by atoms with Crippen LogP contribution in [0.2, 0.25) is 0 Å². The Bertz CT molecular complexity index is 152. The van der Waals surface area contributed by atoms with Crippen LogP contribution in [0, 0.1) is 5.92 Å². The van der Waals surface area contributed by atoms with Gasteiger partial charge in [-0.15, -0.1) is 12.4 Å². The zero-order chi connectivity index (χ0) is 8.27. The molecule has 1 amide bonds. The van der Waals surface area contributed by atoms with Gasteiger partial charge in [-0.05, 0) is 26.3 Å². The van der Waals surface area contributed by atoms with Crippen molar-refractivity contribution in [1.82, 2.24) is 10.6 Å². The minimum atomic E-state index is 0. The summed E-state index contributed by atoms with van der Waals surface area (Å²) >= 11 is 0. The van der Waals surface area contributed by atoms with Crippen molar-refractivity contribution in [2.24, 2.45) is 5.92 Å². The molecule has 1 fully saturated rings. The van der Waals surface area contributed by atoms with E-state index in [0.29, 0.717) is 6.04 Å². The van der Waals surface area contributed by atoms with Crippen molar-refractivity contribution in [2.45, 2.75) is 25.8 Å². The Balaban J connectivity index is 0.00000121. The number of amides is 1. The van der Waals surface area contributed by atoms with Crippen molar-refractivity contribution in [3.05, 3.63) is 0 Å². The average molecular weight is 193 g/mol. The first-order chi connectivity index (χ1) is 5.25. The van der Waals surface area contributed by atoms with E-state index in [0.717, 1.165) is 19.4 Å². The highest BCUT2D eigenvalue weighted by Crippen LogP contribution is 2.15. The lowest BCUT2D eigenvalue weighted by atomic mass is 9.91. The average Bonchev–Trinajstić information content (AvgIpc) is 2.04. The van der Waals surface area contributed by atoms with Crippen LogP contribution in [0.25, 0.3) is 0 Å². The van der Waals surface area contributed by atoms with E-state index >= 15 is 0 Å². The lowest BCUT2D eigenvalue weighted by molar-refractivity contribution is -0.126. The van der Waals surface area contributed by atoms with Gasteiger partial charge >= 0.3 is 0 Å². The van der Waals surface area contributed by atoms with Gasteiger partial charge in [-0.1, -0.05) is 0 Å². The van der Waals surface area contributed by atoms with Crippen LogP contribution in [0.15, 0.2) is 0 Å². The molecule has 0 radical (unpaired) electrons. The summed E-state index contributed by atoms with van der Waals surface area (Å²) in [7, 11) is 1.70. The Labute approximate surface area is 79.7 Å². The zero-order valence-corrected chi connectivity index (χ0v) is 8.41. The third-order valence-electron chi connectivity index (χ3n) is 2.34. The van der Waals surface area contributed by atoms with E-state index in [1.807, 2.05) is 0 Å². The van der Waals surface area contributed by atoms with Crippen LogP contribution in [0.4, 0.5) is 0 Å². The maximum atomic E-state index is 11.2. The zero-order valence-electron chi connectivity index (χ0n) is 7.59. The Hall–Kier alpha value is -0.280. The second-order valence-corrected chi connectivity index (χ2v) is 3.11. The molecule has 0 spiro atoms. The van der Waals surface area contributed by atoms with E-state index in [-0.39, 0.29) is 24.2 Å². The van der Waals surface area contributed by atoms with Crippen LogP contribution in [0.1, 0.15) is 19.8 Å². The fourth-order valence-electron chi connectivity index (χ4n) is 1.59. The van der Waals surface area contributed by atoms with Crippen LogP contribution in [0.5, 0.6) is 0 Å². The van der Waals surface area contributed by atoms with Crippen LogP contribution in [-0.4, -0.2) is 25.5 Å². The molecule has 3 nitrogen and oxygen atoms in total. The Kier molecular flexibility index (Phi) is 5.25. The van der Waals surface area contributed by atoms with Crippen LogP contribution >= 0.6 is 12.4 Å². The second kappa shape index (κ2) is 5.38. The smallest absolute Gasteiger partial charge is 0.224 e. The van der Waals surface area contributed by atoms with Crippen molar-refractivity contribution in [3.8, 4) is 0 Å². The molecular formula is C8H17ClN2O. The predicted octanol–water partition coefficient (Wildman–Crippen LogP) is 0.542. The molecule has 0 aromatic rings. The second-order valence-electron chi connectivity index (χ2n) is 3.11. The highest BCUT2D eigenvalue weighted by molar-refractivity contribution is 5.85. The topological polar surface area (TPSA) is 41.1 Å². The molecule has 0 saturated carbocycles. The van der Waals surface area contributed by atoms with Gasteiger partial charge in [-0.25, -0.2) is 0 Å². The van der Waals surface area contributed by atoms with Crippen LogP contribution in [-0.2, 0) is 4.79 Å². The maximum absolute atomic E-state index is 11.2. The fraction of sp³-hybridized carbons (Fsp3) is 0.875. The maximum Gasteiger partial charge on any atom is 0.224 e. The number of hydrogen-bond donors (Lipinski definition) is 2. The highest BCUT2D eigenvalue weighted by atomic mass is 35.5. The van der Waals surface area contributed by atoms with Gasteiger partial charge in [-0.2, -0.15) is 0 Å². The molecule has 2 atom stereocenters. The fourth-order valence-corrected chi connectivity index (χ4v) is 1.59. The molecule has 0 bridgehead atoms. The largest absolute Gasteiger partial charge is 0.359 e. The van der Waals surface area contributed by atoms with Crippen molar-refractivity contribution in [1.29, 1.82) is 0 Å². The molecule has 1 rings (SSSR count). The molecule has 2 N–H and O–H groups in total. The van der Waals surface area contributed by atoms with Gasteiger partial charge < -0.3 is 10.6 Å². The summed E-state index contributed by atoms with van der Waals surface area (Å²) in [5, 5.41) is 5.97. The van der Waals surface area contributed by atoms with Crippen molar-refractivity contribution < 1.29 is 4.79 Å². The highest BCUT2D eigenvalue weighted by Gasteiger charge is 2.26. The molecule has 72 valence electrons. The summed E-state index contributed by atoms with van der Waals surface area (Å²) in [6.07, 6.45) is 2.14. The number of nitrogens with one attached hydrogen (secondary N) is 2. The minimum absolute atomic E-state index is 0. The van der Waals surface area contributed by atoms with E-state index in [2.05, 4.69) is 17.6 Å². The van der Waals surface area contributed by atoms with Crippen molar-refractivity contribution in [3.63, 3.8) is 0 Å².